The minimum Gasteiger partial charge on any atom is -0.389 e. The molecule has 0 atom stereocenters. The van der Waals surface area contributed by atoms with Gasteiger partial charge in [-0.15, -0.1) is 0 Å². The third-order valence-electron chi connectivity index (χ3n) is 4.49. The largest absolute Gasteiger partial charge is 0.389 e. The van der Waals surface area contributed by atoms with Crippen LogP contribution in [0.25, 0.3) is 32.3 Å². The van der Waals surface area contributed by atoms with Gasteiger partial charge >= 0.3 is 0 Å². The molecule has 2 N–H and O–H groups in total. The molecule has 0 fully saturated rings. The molecule has 0 aliphatic carbocycles. The van der Waals surface area contributed by atoms with Crippen molar-refractivity contribution in [2.75, 3.05) is 6.54 Å². The highest BCUT2D eigenvalue weighted by Crippen LogP contribution is 2.35. The normalized spacial score (nSPS) is 12.7. The molecule has 2 heteroatoms. The monoisotopic (exact) mass is 303 g/mol. The zero-order valence-corrected chi connectivity index (χ0v) is 13.6. The van der Waals surface area contributed by atoms with Gasteiger partial charge in [0.25, 0.3) is 0 Å². The average Bonchev–Trinajstić information content (AvgIpc) is 2.52. The van der Waals surface area contributed by atoms with Crippen LogP contribution in [0, 0.1) is 0 Å². The first kappa shape index (κ1) is 14.4. The molecule has 2 nitrogen and oxygen atoms in total. The van der Waals surface area contributed by atoms with Gasteiger partial charge in [0.2, 0.25) is 0 Å². The molecule has 0 bridgehead atoms. The summed E-state index contributed by atoms with van der Waals surface area (Å²) in [4.78, 5) is 0. The number of nitrogens with one attached hydrogen (secondary N) is 1. The lowest BCUT2D eigenvalue weighted by Gasteiger charge is -2.19. The van der Waals surface area contributed by atoms with Crippen molar-refractivity contribution >= 4 is 32.3 Å². The lowest BCUT2D eigenvalue weighted by atomic mass is 9.92. The number of hydrogen-bond acceptors (Lipinski definition) is 2. The maximum atomic E-state index is 9.87. The third kappa shape index (κ3) is 2.54. The molecular formula is C21H21NO. The minimum absolute atomic E-state index is 0.578. The van der Waals surface area contributed by atoms with E-state index in [2.05, 4.69) is 59.9 Å². The van der Waals surface area contributed by atoms with Crippen molar-refractivity contribution in [2.45, 2.75) is 26.0 Å². The topological polar surface area (TPSA) is 32.3 Å². The van der Waals surface area contributed by atoms with Crippen molar-refractivity contribution in [3.05, 3.63) is 60.2 Å². The zero-order chi connectivity index (χ0) is 16.0. The Morgan fingerprint density at radius 2 is 1.43 bits per heavy atom. The van der Waals surface area contributed by atoms with Gasteiger partial charge in [0, 0.05) is 13.1 Å². The van der Waals surface area contributed by atoms with Gasteiger partial charge < -0.3 is 10.4 Å². The Morgan fingerprint density at radius 1 is 0.826 bits per heavy atom. The Bertz CT molecular complexity index is 966. The van der Waals surface area contributed by atoms with Crippen molar-refractivity contribution in [1.82, 2.24) is 5.32 Å². The van der Waals surface area contributed by atoms with E-state index in [-0.39, 0.29) is 0 Å². The molecule has 0 radical (unpaired) electrons. The van der Waals surface area contributed by atoms with Gasteiger partial charge in [-0.05, 0) is 51.7 Å². The molecule has 0 aromatic heterocycles. The highest BCUT2D eigenvalue weighted by molar-refractivity contribution is 6.23. The average molecular weight is 303 g/mol. The summed E-state index contributed by atoms with van der Waals surface area (Å²) in [5, 5.41) is 21.1. The summed E-state index contributed by atoms with van der Waals surface area (Å²) in [5.74, 6) is 0. The number of hydrogen-bond donors (Lipinski definition) is 2. The predicted octanol–water partition coefficient (Wildman–Crippen LogP) is 4.44. The fourth-order valence-corrected chi connectivity index (χ4v) is 3.45. The van der Waals surface area contributed by atoms with Gasteiger partial charge in [-0.25, -0.2) is 0 Å². The maximum absolute atomic E-state index is 9.87. The van der Waals surface area contributed by atoms with E-state index in [0.717, 1.165) is 6.54 Å². The highest BCUT2D eigenvalue weighted by atomic mass is 16.3. The molecule has 0 heterocycles. The maximum Gasteiger partial charge on any atom is 0.0715 e. The summed E-state index contributed by atoms with van der Waals surface area (Å²) < 4.78 is 0. The van der Waals surface area contributed by atoms with Crippen LogP contribution >= 0.6 is 0 Å². The summed E-state index contributed by atoms with van der Waals surface area (Å²) in [6.07, 6.45) is 0. The summed E-state index contributed by atoms with van der Waals surface area (Å²) in [7, 11) is 0. The lowest BCUT2D eigenvalue weighted by Crippen LogP contribution is -2.34. The Kier molecular flexibility index (Phi) is 3.26. The minimum atomic E-state index is -0.691. The van der Waals surface area contributed by atoms with Crippen LogP contribution in [0.3, 0.4) is 0 Å². The van der Waals surface area contributed by atoms with Gasteiger partial charge in [-0.3, -0.25) is 0 Å². The second-order valence-corrected chi connectivity index (χ2v) is 7.00. The van der Waals surface area contributed by atoms with E-state index >= 15 is 0 Å². The summed E-state index contributed by atoms with van der Waals surface area (Å²) in [6, 6.07) is 19.7. The van der Waals surface area contributed by atoms with E-state index in [1.54, 1.807) is 0 Å². The van der Waals surface area contributed by atoms with E-state index in [1.165, 1.54) is 37.9 Å². The smallest absolute Gasteiger partial charge is 0.0715 e. The van der Waals surface area contributed by atoms with E-state index < -0.39 is 5.60 Å². The Morgan fingerprint density at radius 3 is 2.13 bits per heavy atom. The molecule has 0 spiro atoms. The van der Waals surface area contributed by atoms with Gasteiger partial charge in [0.15, 0.2) is 0 Å². The molecule has 4 aromatic carbocycles. The van der Waals surface area contributed by atoms with Crippen LogP contribution in [0.2, 0.25) is 0 Å². The predicted molar refractivity (Wildman–Crippen MR) is 98.2 cm³/mol. The molecule has 0 amide bonds. The second-order valence-electron chi connectivity index (χ2n) is 7.00. The van der Waals surface area contributed by atoms with Crippen molar-refractivity contribution in [2.24, 2.45) is 0 Å². The lowest BCUT2D eigenvalue weighted by molar-refractivity contribution is 0.0795. The molecule has 4 aromatic rings. The van der Waals surface area contributed by atoms with Crippen molar-refractivity contribution in [3.63, 3.8) is 0 Å². The number of benzene rings is 4. The van der Waals surface area contributed by atoms with E-state index in [1.807, 2.05) is 13.8 Å². The zero-order valence-electron chi connectivity index (χ0n) is 13.6. The molecule has 4 rings (SSSR count). The van der Waals surface area contributed by atoms with Gasteiger partial charge in [-0.2, -0.15) is 0 Å². The molecule has 0 saturated heterocycles. The third-order valence-corrected chi connectivity index (χ3v) is 4.49. The molecular weight excluding hydrogens is 282 g/mol. The number of aliphatic hydroxyl groups is 1. The fraction of sp³-hybridized carbons (Fsp3) is 0.238. The first-order valence-corrected chi connectivity index (χ1v) is 8.11. The van der Waals surface area contributed by atoms with Crippen molar-refractivity contribution < 1.29 is 5.11 Å². The van der Waals surface area contributed by atoms with E-state index in [9.17, 15) is 5.11 Å². The molecule has 0 saturated carbocycles. The van der Waals surface area contributed by atoms with Gasteiger partial charge in [-0.1, -0.05) is 54.6 Å². The van der Waals surface area contributed by atoms with Crippen LogP contribution in [-0.2, 0) is 6.54 Å². The van der Waals surface area contributed by atoms with E-state index in [0.29, 0.717) is 6.54 Å². The molecule has 116 valence electrons. The number of rotatable bonds is 4. The van der Waals surface area contributed by atoms with Crippen molar-refractivity contribution in [3.8, 4) is 0 Å². The SMILES string of the molecule is CC(C)(O)CNCc1ccc2ccc3cccc4ccc1c2c34. The Hall–Kier alpha value is -2.16. The highest BCUT2D eigenvalue weighted by Gasteiger charge is 2.13. The Balaban J connectivity index is 1.86. The molecule has 23 heavy (non-hydrogen) atoms. The van der Waals surface area contributed by atoms with Crippen LogP contribution in [-0.4, -0.2) is 17.3 Å². The summed E-state index contributed by atoms with van der Waals surface area (Å²) in [6.45, 7) is 4.99. The fourth-order valence-electron chi connectivity index (χ4n) is 3.45. The van der Waals surface area contributed by atoms with Gasteiger partial charge in [0.05, 0.1) is 5.60 Å². The summed E-state index contributed by atoms with van der Waals surface area (Å²) in [5.41, 5.74) is 0.587. The second kappa shape index (κ2) is 5.19. The summed E-state index contributed by atoms with van der Waals surface area (Å²) >= 11 is 0. The standard InChI is InChI=1S/C21H21NO/c1-21(2,23)13-22-12-17-9-8-16-7-6-14-4-3-5-15-10-11-18(17)20(16)19(14)15/h3-11,22-23H,12-13H2,1-2H3. The first-order valence-electron chi connectivity index (χ1n) is 8.11. The van der Waals surface area contributed by atoms with E-state index in [4.69, 9.17) is 0 Å². The van der Waals surface area contributed by atoms with Gasteiger partial charge in [0.1, 0.15) is 0 Å². The van der Waals surface area contributed by atoms with Crippen molar-refractivity contribution in [1.29, 1.82) is 0 Å². The first-order chi connectivity index (χ1) is 11.0. The quantitative estimate of drug-likeness (QED) is 0.546. The molecule has 0 aliphatic heterocycles. The Labute approximate surface area is 136 Å². The molecule has 0 unspecified atom stereocenters. The van der Waals surface area contributed by atoms with Crippen LogP contribution < -0.4 is 5.32 Å². The van der Waals surface area contributed by atoms with Crippen LogP contribution in [0.5, 0.6) is 0 Å². The molecule has 0 aliphatic rings. The van der Waals surface area contributed by atoms with Crippen LogP contribution in [0.4, 0.5) is 0 Å². The van der Waals surface area contributed by atoms with Crippen LogP contribution in [0.1, 0.15) is 19.4 Å². The van der Waals surface area contributed by atoms with Crippen LogP contribution in [0.15, 0.2) is 54.6 Å².